The third-order valence-electron chi connectivity index (χ3n) is 5.29. The van der Waals surface area contributed by atoms with Crippen LogP contribution < -0.4 is 10.6 Å². The second-order valence-corrected chi connectivity index (χ2v) is 8.47. The Balaban J connectivity index is 1.93. The maximum atomic E-state index is 12.3. The van der Waals surface area contributed by atoms with Crippen LogP contribution in [0.5, 0.6) is 0 Å². The smallest absolute Gasteiger partial charge is 0.251 e. The number of hydrogen-bond acceptors (Lipinski definition) is 6. The van der Waals surface area contributed by atoms with Gasteiger partial charge >= 0.3 is 0 Å². The first-order valence-electron chi connectivity index (χ1n) is 10.2. The molecule has 4 N–H and O–H groups in total. The fraction of sp³-hybridized carbons (Fsp3) is 0.364. The number of benzene rings is 1. The standard InChI is InChI=1S/C22H27N7O2/c1-12-14-7-6-13(21(31)24-8-9-30)10-15(14)27-17(12)18-16-19(23-5)25-11-26-20(16)29(28-18)22(2,3)4/h6-7,10-11,27,30H,8-9H2,1-5H3,(H,24,31)(H,23,25,26). The molecule has 3 aromatic heterocycles. The number of hydrogen-bond donors (Lipinski definition) is 4. The van der Waals surface area contributed by atoms with E-state index < -0.39 is 0 Å². The van der Waals surface area contributed by atoms with Crippen molar-refractivity contribution in [1.29, 1.82) is 0 Å². The van der Waals surface area contributed by atoms with Crippen LogP contribution in [0.4, 0.5) is 5.82 Å². The third kappa shape index (κ3) is 3.50. The highest BCUT2D eigenvalue weighted by Crippen LogP contribution is 2.37. The Morgan fingerprint density at radius 1 is 1.26 bits per heavy atom. The van der Waals surface area contributed by atoms with Crippen molar-refractivity contribution in [3.05, 3.63) is 35.7 Å². The van der Waals surface area contributed by atoms with Crippen molar-refractivity contribution in [2.24, 2.45) is 0 Å². The molecule has 1 amide bonds. The number of aromatic amines is 1. The molecule has 0 unspecified atom stereocenters. The Hall–Kier alpha value is -3.46. The summed E-state index contributed by atoms with van der Waals surface area (Å²) < 4.78 is 1.92. The van der Waals surface area contributed by atoms with Gasteiger partial charge in [0.2, 0.25) is 0 Å². The van der Waals surface area contributed by atoms with Crippen LogP contribution in [0.1, 0.15) is 36.7 Å². The average molecular weight is 422 g/mol. The van der Waals surface area contributed by atoms with Crippen molar-refractivity contribution in [3.8, 4) is 11.4 Å². The number of aryl methyl sites for hydroxylation is 1. The number of fused-ring (bicyclic) bond motifs is 2. The molecule has 0 saturated carbocycles. The van der Waals surface area contributed by atoms with Crippen LogP contribution in [0.3, 0.4) is 0 Å². The fourth-order valence-electron chi connectivity index (χ4n) is 3.77. The Morgan fingerprint density at radius 2 is 2.03 bits per heavy atom. The van der Waals surface area contributed by atoms with Gasteiger partial charge in [-0.2, -0.15) is 5.10 Å². The number of rotatable bonds is 5. The number of aromatic nitrogens is 5. The zero-order valence-electron chi connectivity index (χ0n) is 18.4. The molecule has 9 nitrogen and oxygen atoms in total. The molecule has 3 heterocycles. The predicted octanol–water partition coefficient (Wildman–Crippen LogP) is 2.80. The minimum absolute atomic E-state index is 0.0981. The van der Waals surface area contributed by atoms with E-state index in [1.54, 1.807) is 6.07 Å². The highest BCUT2D eigenvalue weighted by atomic mass is 16.3. The van der Waals surface area contributed by atoms with E-state index in [0.29, 0.717) is 11.4 Å². The summed E-state index contributed by atoms with van der Waals surface area (Å²) in [6.07, 6.45) is 1.54. The summed E-state index contributed by atoms with van der Waals surface area (Å²) in [7, 11) is 1.83. The van der Waals surface area contributed by atoms with E-state index in [0.717, 1.165) is 38.9 Å². The number of anilines is 1. The molecule has 4 rings (SSSR count). The molecule has 1 aromatic carbocycles. The van der Waals surface area contributed by atoms with E-state index in [1.165, 1.54) is 6.33 Å². The lowest BCUT2D eigenvalue weighted by molar-refractivity contribution is 0.0945. The first-order chi connectivity index (χ1) is 14.8. The van der Waals surface area contributed by atoms with Gasteiger partial charge in [0.05, 0.1) is 23.2 Å². The van der Waals surface area contributed by atoms with Gasteiger partial charge in [0.25, 0.3) is 5.91 Å². The molecule has 0 aliphatic heterocycles. The molecule has 0 radical (unpaired) electrons. The van der Waals surface area contributed by atoms with Crippen LogP contribution in [0, 0.1) is 6.92 Å². The monoisotopic (exact) mass is 421 g/mol. The highest BCUT2D eigenvalue weighted by Gasteiger charge is 2.26. The lowest BCUT2D eigenvalue weighted by Gasteiger charge is -2.19. The van der Waals surface area contributed by atoms with Crippen molar-refractivity contribution < 1.29 is 9.90 Å². The maximum Gasteiger partial charge on any atom is 0.251 e. The van der Waals surface area contributed by atoms with Crippen molar-refractivity contribution in [1.82, 2.24) is 30.0 Å². The zero-order valence-corrected chi connectivity index (χ0v) is 18.4. The zero-order chi connectivity index (χ0) is 22.3. The summed E-state index contributed by atoms with van der Waals surface area (Å²) in [5, 5.41) is 21.6. The van der Waals surface area contributed by atoms with Crippen LogP contribution in [0.25, 0.3) is 33.3 Å². The number of amides is 1. The van der Waals surface area contributed by atoms with Gasteiger partial charge in [-0.05, 0) is 45.4 Å². The molecular formula is C22H27N7O2. The second-order valence-electron chi connectivity index (χ2n) is 8.47. The summed E-state index contributed by atoms with van der Waals surface area (Å²) in [6, 6.07) is 5.53. The average Bonchev–Trinajstić information content (AvgIpc) is 3.29. The van der Waals surface area contributed by atoms with Crippen molar-refractivity contribution in [2.75, 3.05) is 25.5 Å². The predicted molar refractivity (Wildman–Crippen MR) is 121 cm³/mol. The molecule has 0 atom stereocenters. The maximum absolute atomic E-state index is 12.3. The van der Waals surface area contributed by atoms with Crippen molar-refractivity contribution in [2.45, 2.75) is 33.2 Å². The van der Waals surface area contributed by atoms with E-state index in [1.807, 2.05) is 30.8 Å². The lowest BCUT2D eigenvalue weighted by Crippen LogP contribution is -2.26. The molecule has 0 fully saturated rings. The summed E-state index contributed by atoms with van der Waals surface area (Å²) in [4.78, 5) is 24.7. The molecule has 4 aromatic rings. The van der Waals surface area contributed by atoms with Crippen LogP contribution in [-0.2, 0) is 5.54 Å². The van der Waals surface area contributed by atoms with Gasteiger partial charge in [-0.1, -0.05) is 6.07 Å². The largest absolute Gasteiger partial charge is 0.395 e. The fourth-order valence-corrected chi connectivity index (χ4v) is 3.77. The third-order valence-corrected chi connectivity index (χ3v) is 5.29. The molecule has 9 heteroatoms. The number of nitrogens with one attached hydrogen (secondary N) is 3. The molecule has 31 heavy (non-hydrogen) atoms. The first-order valence-corrected chi connectivity index (χ1v) is 10.2. The summed E-state index contributed by atoms with van der Waals surface area (Å²) in [6.45, 7) is 8.40. The van der Waals surface area contributed by atoms with E-state index >= 15 is 0 Å². The summed E-state index contributed by atoms with van der Waals surface area (Å²) in [5.41, 5.74) is 4.50. The van der Waals surface area contributed by atoms with E-state index in [4.69, 9.17) is 10.2 Å². The van der Waals surface area contributed by atoms with Gasteiger partial charge in [-0.3, -0.25) is 4.79 Å². The van der Waals surface area contributed by atoms with Gasteiger partial charge in [0.1, 0.15) is 17.8 Å². The van der Waals surface area contributed by atoms with E-state index in [-0.39, 0.29) is 24.6 Å². The van der Waals surface area contributed by atoms with Crippen LogP contribution in [0.2, 0.25) is 0 Å². The number of carbonyl (C=O) groups is 1. The molecule has 0 spiro atoms. The number of carbonyl (C=O) groups excluding carboxylic acids is 1. The van der Waals surface area contributed by atoms with Crippen LogP contribution in [-0.4, -0.2) is 55.9 Å². The van der Waals surface area contributed by atoms with Gasteiger partial charge in [-0.15, -0.1) is 0 Å². The van der Waals surface area contributed by atoms with Crippen LogP contribution >= 0.6 is 0 Å². The van der Waals surface area contributed by atoms with Gasteiger partial charge in [-0.25, -0.2) is 14.6 Å². The van der Waals surface area contributed by atoms with Crippen molar-refractivity contribution in [3.63, 3.8) is 0 Å². The molecule has 0 saturated heterocycles. The van der Waals surface area contributed by atoms with E-state index in [9.17, 15) is 4.79 Å². The van der Waals surface area contributed by atoms with Gasteiger partial charge < -0.3 is 20.7 Å². The number of nitrogens with zero attached hydrogens (tertiary/aromatic N) is 4. The van der Waals surface area contributed by atoms with Gasteiger partial charge in [0, 0.05) is 30.1 Å². The van der Waals surface area contributed by atoms with Crippen LogP contribution in [0.15, 0.2) is 24.5 Å². The first kappa shape index (κ1) is 20.8. The number of H-pyrrole nitrogens is 1. The molecule has 0 bridgehead atoms. The Morgan fingerprint density at radius 3 is 2.71 bits per heavy atom. The summed E-state index contributed by atoms with van der Waals surface area (Å²) >= 11 is 0. The second kappa shape index (κ2) is 7.66. The van der Waals surface area contributed by atoms with E-state index in [2.05, 4.69) is 46.4 Å². The minimum Gasteiger partial charge on any atom is -0.395 e. The molecular weight excluding hydrogens is 394 g/mol. The number of aliphatic hydroxyl groups is 1. The topological polar surface area (TPSA) is 121 Å². The Labute approximate surface area is 179 Å². The summed E-state index contributed by atoms with van der Waals surface area (Å²) in [5.74, 6) is 0.482. The molecule has 162 valence electrons. The number of aliphatic hydroxyl groups excluding tert-OH is 1. The quantitative estimate of drug-likeness (QED) is 0.393. The SMILES string of the molecule is CNc1ncnc2c1c(-c1[nH]c3cc(C(=O)NCCO)ccc3c1C)nn2C(C)(C)C. The normalized spacial score (nSPS) is 11.9. The lowest BCUT2D eigenvalue weighted by atomic mass is 10.1. The highest BCUT2D eigenvalue weighted by molar-refractivity contribution is 6.04. The molecule has 0 aliphatic carbocycles. The van der Waals surface area contributed by atoms with Crippen molar-refractivity contribution >= 4 is 33.7 Å². The van der Waals surface area contributed by atoms with Gasteiger partial charge in [0.15, 0.2) is 5.65 Å². The Bertz CT molecular complexity index is 1280. The minimum atomic E-state index is -0.270. The Kier molecular flexibility index (Phi) is 5.14. The molecule has 0 aliphatic rings.